The lowest BCUT2D eigenvalue weighted by Gasteiger charge is -2.24. The van der Waals surface area contributed by atoms with Crippen LogP contribution in [0.5, 0.6) is 0 Å². The zero-order chi connectivity index (χ0) is 6.78. The molecule has 0 rings (SSSR count). The molecule has 0 aliphatic heterocycles. The van der Waals surface area contributed by atoms with Crippen LogP contribution in [0.15, 0.2) is 0 Å². The van der Waals surface area contributed by atoms with Crippen molar-refractivity contribution in [2.24, 2.45) is 11.1 Å². The SMILES string of the molecule is CC(C)(C)C(N)CS. The fourth-order valence-corrected chi connectivity index (χ4v) is 0.822. The summed E-state index contributed by atoms with van der Waals surface area (Å²) < 4.78 is 0. The maximum Gasteiger partial charge on any atom is 0.0177 e. The Hall–Kier alpha value is 0.310. The zero-order valence-electron chi connectivity index (χ0n) is 5.81. The summed E-state index contributed by atoms with van der Waals surface area (Å²) in [6, 6.07) is 0.214. The first kappa shape index (κ1) is 8.31. The van der Waals surface area contributed by atoms with Gasteiger partial charge in [0.2, 0.25) is 0 Å². The molecule has 0 aliphatic rings. The minimum Gasteiger partial charge on any atom is -0.326 e. The van der Waals surface area contributed by atoms with Gasteiger partial charge >= 0.3 is 0 Å². The van der Waals surface area contributed by atoms with Crippen LogP contribution < -0.4 is 5.73 Å². The molecule has 0 bridgehead atoms. The zero-order valence-corrected chi connectivity index (χ0v) is 6.70. The maximum atomic E-state index is 5.67. The van der Waals surface area contributed by atoms with E-state index < -0.39 is 0 Å². The normalized spacial score (nSPS) is 16.1. The molecule has 0 fully saturated rings. The standard InChI is InChI=1S/C6H15NS/c1-6(2,3)5(7)4-8/h5,8H,4,7H2,1-3H3. The molecule has 0 aliphatic carbocycles. The molecule has 0 spiro atoms. The molecule has 0 saturated heterocycles. The summed E-state index contributed by atoms with van der Waals surface area (Å²) in [6.07, 6.45) is 0. The number of thiol groups is 1. The first-order valence-electron chi connectivity index (χ1n) is 2.85. The Morgan fingerprint density at radius 3 is 1.88 bits per heavy atom. The minimum atomic E-state index is 0.210. The van der Waals surface area contributed by atoms with Crippen molar-refractivity contribution in [3.8, 4) is 0 Å². The number of nitrogens with two attached hydrogens (primary N) is 1. The number of rotatable bonds is 1. The summed E-state index contributed by atoms with van der Waals surface area (Å²) in [7, 11) is 0. The summed E-state index contributed by atoms with van der Waals surface area (Å²) in [4.78, 5) is 0. The third kappa shape index (κ3) is 2.58. The van der Waals surface area contributed by atoms with Crippen LogP contribution in [0, 0.1) is 5.41 Å². The Morgan fingerprint density at radius 2 is 1.88 bits per heavy atom. The van der Waals surface area contributed by atoms with Gasteiger partial charge in [-0.2, -0.15) is 12.6 Å². The molecule has 0 heterocycles. The van der Waals surface area contributed by atoms with Crippen LogP contribution >= 0.6 is 12.6 Å². The average Bonchev–Trinajstić information content (AvgIpc) is 1.62. The highest BCUT2D eigenvalue weighted by Gasteiger charge is 2.17. The van der Waals surface area contributed by atoms with Crippen LogP contribution in [0.1, 0.15) is 20.8 Å². The van der Waals surface area contributed by atoms with Crippen molar-refractivity contribution >= 4 is 12.6 Å². The molecule has 2 heteroatoms. The van der Waals surface area contributed by atoms with E-state index in [9.17, 15) is 0 Å². The summed E-state index contributed by atoms with van der Waals surface area (Å²) >= 11 is 4.08. The molecule has 0 saturated carbocycles. The lowest BCUT2D eigenvalue weighted by Crippen LogP contribution is -2.36. The van der Waals surface area contributed by atoms with E-state index in [0.717, 1.165) is 5.75 Å². The third-order valence-corrected chi connectivity index (χ3v) is 1.70. The lowest BCUT2D eigenvalue weighted by molar-refractivity contribution is 0.344. The quantitative estimate of drug-likeness (QED) is 0.518. The van der Waals surface area contributed by atoms with Crippen LogP contribution in [0.3, 0.4) is 0 Å². The van der Waals surface area contributed by atoms with Crippen molar-refractivity contribution in [2.75, 3.05) is 5.75 Å². The summed E-state index contributed by atoms with van der Waals surface area (Å²) in [5, 5.41) is 0. The second-order valence-electron chi connectivity index (χ2n) is 3.16. The molecule has 0 aromatic heterocycles. The molecule has 2 N–H and O–H groups in total. The van der Waals surface area contributed by atoms with Crippen LogP contribution in [-0.4, -0.2) is 11.8 Å². The van der Waals surface area contributed by atoms with Gasteiger partial charge in [0.25, 0.3) is 0 Å². The van der Waals surface area contributed by atoms with E-state index in [4.69, 9.17) is 5.73 Å². The van der Waals surface area contributed by atoms with E-state index in [0.29, 0.717) is 0 Å². The highest BCUT2D eigenvalue weighted by atomic mass is 32.1. The van der Waals surface area contributed by atoms with E-state index in [1.165, 1.54) is 0 Å². The second kappa shape index (κ2) is 2.74. The van der Waals surface area contributed by atoms with Crippen molar-refractivity contribution in [1.82, 2.24) is 0 Å². The topological polar surface area (TPSA) is 26.0 Å². The van der Waals surface area contributed by atoms with Gasteiger partial charge in [0, 0.05) is 11.8 Å². The van der Waals surface area contributed by atoms with Gasteiger partial charge in [-0.1, -0.05) is 20.8 Å². The van der Waals surface area contributed by atoms with E-state index in [1.807, 2.05) is 0 Å². The first-order chi connectivity index (χ1) is 3.48. The molecule has 8 heavy (non-hydrogen) atoms. The molecule has 1 atom stereocenters. The highest BCUT2D eigenvalue weighted by molar-refractivity contribution is 7.80. The Labute approximate surface area is 57.1 Å². The summed E-state index contributed by atoms with van der Waals surface area (Å²) in [6.45, 7) is 6.36. The molecule has 50 valence electrons. The van der Waals surface area contributed by atoms with Crippen molar-refractivity contribution in [3.63, 3.8) is 0 Å². The van der Waals surface area contributed by atoms with E-state index in [2.05, 4.69) is 33.4 Å². The molecule has 1 unspecified atom stereocenters. The van der Waals surface area contributed by atoms with Crippen LogP contribution in [0.4, 0.5) is 0 Å². The Balaban J connectivity index is 3.62. The van der Waals surface area contributed by atoms with Gasteiger partial charge in [0.1, 0.15) is 0 Å². The van der Waals surface area contributed by atoms with Gasteiger partial charge in [-0.25, -0.2) is 0 Å². The summed E-state index contributed by atoms with van der Waals surface area (Å²) in [5.74, 6) is 0.767. The van der Waals surface area contributed by atoms with Gasteiger partial charge in [0.05, 0.1) is 0 Å². The van der Waals surface area contributed by atoms with Crippen molar-refractivity contribution in [2.45, 2.75) is 26.8 Å². The van der Waals surface area contributed by atoms with Gasteiger partial charge in [-0.05, 0) is 5.41 Å². The van der Waals surface area contributed by atoms with Gasteiger partial charge in [-0.3, -0.25) is 0 Å². The first-order valence-corrected chi connectivity index (χ1v) is 3.48. The molecule has 0 radical (unpaired) electrons. The van der Waals surface area contributed by atoms with Crippen LogP contribution in [0.25, 0.3) is 0 Å². The number of hydrogen-bond acceptors (Lipinski definition) is 2. The molecule has 0 aromatic rings. The third-order valence-electron chi connectivity index (χ3n) is 1.31. The predicted octanol–water partition coefficient (Wildman–Crippen LogP) is 1.29. The molecular formula is C6H15NS. The van der Waals surface area contributed by atoms with Crippen LogP contribution in [-0.2, 0) is 0 Å². The van der Waals surface area contributed by atoms with Crippen molar-refractivity contribution < 1.29 is 0 Å². The monoisotopic (exact) mass is 133 g/mol. The predicted molar refractivity (Wildman–Crippen MR) is 41.3 cm³/mol. The smallest absolute Gasteiger partial charge is 0.0177 e. The number of hydrogen-bond donors (Lipinski definition) is 2. The molecule has 1 nitrogen and oxygen atoms in total. The highest BCUT2D eigenvalue weighted by Crippen LogP contribution is 2.17. The molecule has 0 aromatic carbocycles. The second-order valence-corrected chi connectivity index (χ2v) is 3.52. The average molecular weight is 133 g/mol. The largest absolute Gasteiger partial charge is 0.326 e. The fourth-order valence-electron chi connectivity index (χ4n) is 0.274. The molecule has 0 amide bonds. The van der Waals surface area contributed by atoms with E-state index >= 15 is 0 Å². The van der Waals surface area contributed by atoms with Crippen molar-refractivity contribution in [3.05, 3.63) is 0 Å². The van der Waals surface area contributed by atoms with Gasteiger partial charge in [-0.15, -0.1) is 0 Å². The summed E-state index contributed by atoms with van der Waals surface area (Å²) in [5.41, 5.74) is 5.88. The Kier molecular flexibility index (Phi) is 2.84. The van der Waals surface area contributed by atoms with E-state index in [-0.39, 0.29) is 11.5 Å². The van der Waals surface area contributed by atoms with E-state index in [1.54, 1.807) is 0 Å². The maximum absolute atomic E-state index is 5.67. The molecular weight excluding hydrogens is 118 g/mol. The lowest BCUT2D eigenvalue weighted by atomic mass is 9.89. The fraction of sp³-hybridized carbons (Fsp3) is 1.00. The van der Waals surface area contributed by atoms with Gasteiger partial charge in [0.15, 0.2) is 0 Å². The van der Waals surface area contributed by atoms with Gasteiger partial charge < -0.3 is 5.73 Å². The Bertz CT molecular complexity index is 65.4. The Morgan fingerprint density at radius 1 is 1.50 bits per heavy atom. The van der Waals surface area contributed by atoms with Crippen molar-refractivity contribution in [1.29, 1.82) is 0 Å². The minimum absolute atomic E-state index is 0.210. The van der Waals surface area contributed by atoms with Crippen LogP contribution in [0.2, 0.25) is 0 Å².